The Morgan fingerprint density at radius 3 is 2.87 bits per heavy atom. The summed E-state index contributed by atoms with van der Waals surface area (Å²) in [5.74, 6) is 0.530. The van der Waals surface area contributed by atoms with Crippen LogP contribution in [0.3, 0.4) is 0 Å². The molecule has 0 aliphatic carbocycles. The van der Waals surface area contributed by atoms with Gasteiger partial charge in [-0.05, 0) is 13.3 Å². The van der Waals surface area contributed by atoms with Crippen molar-refractivity contribution in [3.8, 4) is 0 Å². The number of rotatable bonds is 2. The van der Waals surface area contributed by atoms with Gasteiger partial charge in [0.15, 0.2) is 0 Å². The summed E-state index contributed by atoms with van der Waals surface area (Å²) in [6, 6.07) is 0. The van der Waals surface area contributed by atoms with Crippen LogP contribution in [0.5, 0.6) is 0 Å². The Labute approximate surface area is 86.1 Å². The van der Waals surface area contributed by atoms with Gasteiger partial charge in [-0.2, -0.15) is 9.50 Å². The molecule has 0 saturated heterocycles. The van der Waals surface area contributed by atoms with Crippen LogP contribution in [0.1, 0.15) is 24.6 Å². The Bertz CT molecular complexity index is 553. The first-order valence-electron chi connectivity index (χ1n) is 4.87. The van der Waals surface area contributed by atoms with E-state index in [0.29, 0.717) is 5.78 Å². The maximum atomic E-state index is 11.9. The molecule has 0 radical (unpaired) electrons. The van der Waals surface area contributed by atoms with E-state index in [1.54, 1.807) is 0 Å². The van der Waals surface area contributed by atoms with Crippen LogP contribution in [-0.2, 0) is 6.42 Å². The number of hydrogen-bond donors (Lipinski definition) is 2. The molecule has 0 amide bonds. The highest BCUT2D eigenvalue weighted by Gasteiger charge is 2.11. The highest BCUT2D eigenvalue weighted by Crippen LogP contribution is 2.04. The summed E-state index contributed by atoms with van der Waals surface area (Å²) in [6.45, 7) is 3.84. The molecule has 0 aliphatic rings. The second-order valence-electron chi connectivity index (χ2n) is 3.48. The van der Waals surface area contributed by atoms with Crippen LogP contribution < -0.4 is 11.3 Å². The van der Waals surface area contributed by atoms with Crippen LogP contribution in [0.25, 0.3) is 5.78 Å². The number of nitrogens with two attached hydrogens (primary N) is 1. The smallest absolute Gasteiger partial charge is 0.277 e. The number of fused-ring (bicyclic) bond motifs is 1. The van der Waals surface area contributed by atoms with E-state index in [1.807, 2.05) is 13.8 Å². The van der Waals surface area contributed by atoms with Gasteiger partial charge >= 0.3 is 0 Å². The summed E-state index contributed by atoms with van der Waals surface area (Å²) in [5.41, 5.74) is 6.81. The van der Waals surface area contributed by atoms with Crippen LogP contribution in [0.15, 0.2) is 4.79 Å². The summed E-state index contributed by atoms with van der Waals surface area (Å²) >= 11 is 0. The third-order valence-electron chi connectivity index (χ3n) is 2.31. The topological polar surface area (TPSA) is 89.1 Å². The molecule has 2 aromatic rings. The molecule has 0 atom stereocenters. The highest BCUT2D eigenvalue weighted by molar-refractivity contribution is 5.36. The summed E-state index contributed by atoms with van der Waals surface area (Å²) in [5, 5.41) is 2.66. The zero-order valence-corrected chi connectivity index (χ0v) is 8.74. The summed E-state index contributed by atoms with van der Waals surface area (Å²) < 4.78 is 1.29. The first-order valence-corrected chi connectivity index (χ1v) is 4.87. The summed E-state index contributed by atoms with van der Waals surface area (Å²) in [7, 11) is 0. The zero-order chi connectivity index (χ0) is 11.0. The van der Waals surface area contributed by atoms with E-state index >= 15 is 0 Å². The minimum absolute atomic E-state index is 0.108. The Balaban J connectivity index is 2.77. The molecule has 80 valence electrons. The lowest BCUT2D eigenvalue weighted by atomic mass is 10.1. The molecule has 0 aliphatic heterocycles. The molecule has 0 aromatic carbocycles. The van der Waals surface area contributed by atoms with Crippen molar-refractivity contribution in [1.82, 2.24) is 19.6 Å². The fraction of sp³-hybridized carbons (Fsp3) is 0.444. The van der Waals surface area contributed by atoms with Gasteiger partial charge in [-0.1, -0.05) is 13.3 Å². The number of hydrogen-bond acceptors (Lipinski definition) is 4. The van der Waals surface area contributed by atoms with Crippen molar-refractivity contribution in [2.45, 2.75) is 26.7 Å². The van der Waals surface area contributed by atoms with E-state index < -0.39 is 0 Å². The number of aromatic nitrogens is 4. The van der Waals surface area contributed by atoms with Crippen molar-refractivity contribution < 1.29 is 0 Å². The minimum Gasteiger partial charge on any atom is -0.368 e. The molecule has 15 heavy (non-hydrogen) atoms. The quantitative estimate of drug-likeness (QED) is 0.739. The lowest BCUT2D eigenvalue weighted by Crippen LogP contribution is -2.21. The number of H-pyrrole nitrogens is 1. The number of nitrogen functional groups attached to an aromatic ring is 1. The molecule has 2 heterocycles. The van der Waals surface area contributed by atoms with Crippen LogP contribution >= 0.6 is 0 Å². The second-order valence-corrected chi connectivity index (χ2v) is 3.48. The predicted molar refractivity (Wildman–Crippen MR) is 56.8 cm³/mol. The first kappa shape index (κ1) is 9.70. The maximum absolute atomic E-state index is 11.9. The van der Waals surface area contributed by atoms with Crippen LogP contribution in [0.2, 0.25) is 0 Å². The normalized spacial score (nSPS) is 11.1. The lowest BCUT2D eigenvalue weighted by Gasteiger charge is -2.01. The van der Waals surface area contributed by atoms with E-state index in [-0.39, 0.29) is 11.5 Å². The number of nitrogens with zero attached hydrogens (tertiary/aromatic N) is 3. The van der Waals surface area contributed by atoms with Crippen LogP contribution in [0.4, 0.5) is 5.95 Å². The van der Waals surface area contributed by atoms with Gasteiger partial charge in [0, 0.05) is 5.56 Å². The predicted octanol–water partition coefficient (Wildman–Crippen LogP) is 0.261. The fourth-order valence-electron chi connectivity index (χ4n) is 1.61. The average Bonchev–Trinajstić information content (AvgIpc) is 2.53. The second kappa shape index (κ2) is 3.38. The Morgan fingerprint density at radius 1 is 1.47 bits per heavy atom. The number of anilines is 1. The van der Waals surface area contributed by atoms with Crippen molar-refractivity contribution >= 4 is 11.7 Å². The number of aryl methyl sites for hydroxylation is 1. The third kappa shape index (κ3) is 1.47. The molecule has 2 rings (SSSR count). The average molecular weight is 207 g/mol. The minimum atomic E-state index is -0.108. The van der Waals surface area contributed by atoms with Crippen LogP contribution in [0, 0.1) is 6.92 Å². The van der Waals surface area contributed by atoms with E-state index in [1.165, 1.54) is 4.52 Å². The van der Waals surface area contributed by atoms with Gasteiger partial charge < -0.3 is 5.73 Å². The van der Waals surface area contributed by atoms with Gasteiger partial charge in [0.25, 0.3) is 11.3 Å². The van der Waals surface area contributed by atoms with Gasteiger partial charge in [0.2, 0.25) is 5.95 Å². The molecular formula is C9H13N5O. The van der Waals surface area contributed by atoms with E-state index in [0.717, 1.165) is 24.1 Å². The van der Waals surface area contributed by atoms with Crippen LogP contribution in [-0.4, -0.2) is 19.6 Å². The fourth-order valence-corrected chi connectivity index (χ4v) is 1.61. The van der Waals surface area contributed by atoms with Crippen molar-refractivity contribution in [3.05, 3.63) is 21.6 Å². The molecule has 0 bridgehead atoms. The monoisotopic (exact) mass is 207 g/mol. The Kier molecular flexibility index (Phi) is 2.18. The van der Waals surface area contributed by atoms with Gasteiger partial charge in [-0.15, -0.1) is 0 Å². The Morgan fingerprint density at radius 2 is 2.20 bits per heavy atom. The standard InChI is InChI=1S/C9H13N5O/c1-3-4-6-5(2)11-9-12-8(10)13-14(9)7(6)15/h3-4H2,1-2H3,(H3,10,11,12,13). The molecule has 0 unspecified atom stereocenters. The van der Waals surface area contributed by atoms with Crippen molar-refractivity contribution in [3.63, 3.8) is 0 Å². The summed E-state index contributed by atoms with van der Waals surface area (Å²) in [4.78, 5) is 20.1. The van der Waals surface area contributed by atoms with Gasteiger partial charge in [-0.25, -0.2) is 4.98 Å². The Hall–Kier alpha value is -1.85. The molecule has 0 fully saturated rings. The molecule has 0 spiro atoms. The van der Waals surface area contributed by atoms with E-state index in [2.05, 4.69) is 15.1 Å². The molecule has 6 heteroatoms. The SMILES string of the molecule is CCCc1c(C)nc2nc(N)[nH]n2c1=O. The number of nitrogens with one attached hydrogen (secondary N) is 1. The molecule has 0 saturated carbocycles. The summed E-state index contributed by atoms with van der Waals surface area (Å²) in [6.07, 6.45) is 1.63. The zero-order valence-electron chi connectivity index (χ0n) is 8.74. The third-order valence-corrected chi connectivity index (χ3v) is 2.31. The van der Waals surface area contributed by atoms with Crippen molar-refractivity contribution in [1.29, 1.82) is 0 Å². The number of aromatic amines is 1. The maximum Gasteiger partial charge on any atom is 0.277 e. The lowest BCUT2D eigenvalue weighted by molar-refractivity contribution is 0.818. The van der Waals surface area contributed by atoms with Gasteiger partial charge in [-0.3, -0.25) is 9.89 Å². The molecule has 6 nitrogen and oxygen atoms in total. The largest absolute Gasteiger partial charge is 0.368 e. The van der Waals surface area contributed by atoms with Crippen molar-refractivity contribution in [2.24, 2.45) is 0 Å². The molecular weight excluding hydrogens is 194 g/mol. The van der Waals surface area contributed by atoms with E-state index in [4.69, 9.17) is 5.73 Å². The first-order chi connectivity index (χ1) is 7.13. The van der Waals surface area contributed by atoms with Gasteiger partial charge in [0.05, 0.1) is 5.69 Å². The molecule has 3 N–H and O–H groups in total. The highest BCUT2D eigenvalue weighted by atomic mass is 16.1. The van der Waals surface area contributed by atoms with E-state index in [9.17, 15) is 4.79 Å². The van der Waals surface area contributed by atoms with Gasteiger partial charge in [0.1, 0.15) is 0 Å². The molecule has 2 aromatic heterocycles. The van der Waals surface area contributed by atoms with Crippen molar-refractivity contribution in [2.75, 3.05) is 5.73 Å².